The van der Waals surface area contributed by atoms with Crippen molar-refractivity contribution >= 4 is 23.6 Å². The van der Waals surface area contributed by atoms with Gasteiger partial charge in [-0.05, 0) is 68.9 Å². The molecule has 8 heteroatoms. The molecule has 0 spiro atoms. The molecule has 1 atom stereocenters. The van der Waals surface area contributed by atoms with Gasteiger partial charge in [0.05, 0.1) is 11.1 Å². The predicted octanol–water partition coefficient (Wildman–Crippen LogP) is 1.35. The number of carbonyl (C=O) groups excluding carboxylic acids is 4. The first-order valence-corrected chi connectivity index (χ1v) is 11.3. The predicted molar refractivity (Wildman–Crippen MR) is 114 cm³/mol. The first kappa shape index (κ1) is 21.6. The van der Waals surface area contributed by atoms with E-state index in [2.05, 4.69) is 16.0 Å². The molecule has 0 aromatic heterocycles. The lowest BCUT2D eigenvalue weighted by molar-refractivity contribution is -0.136. The Morgan fingerprint density at radius 2 is 1.74 bits per heavy atom. The molecule has 4 rings (SSSR count). The Bertz CT molecular complexity index is 878. The maximum Gasteiger partial charge on any atom is 0.262 e. The van der Waals surface area contributed by atoms with Crippen LogP contribution in [0, 0.1) is 5.92 Å². The summed E-state index contributed by atoms with van der Waals surface area (Å²) in [5, 5.41) is 9.03. The van der Waals surface area contributed by atoms with Gasteiger partial charge in [-0.1, -0.05) is 18.9 Å². The van der Waals surface area contributed by atoms with Gasteiger partial charge < -0.3 is 10.6 Å². The number of hydrogen-bond acceptors (Lipinski definition) is 6. The largest absolute Gasteiger partial charge is 0.317 e. The number of rotatable bonds is 8. The molecule has 2 fully saturated rings. The van der Waals surface area contributed by atoms with Crippen LogP contribution in [0.1, 0.15) is 71.2 Å². The molecule has 1 aromatic carbocycles. The Labute approximate surface area is 182 Å². The number of nitrogens with zero attached hydrogens (tertiary/aromatic N) is 1. The number of fused-ring (bicyclic) bond motifs is 1. The third-order valence-corrected chi connectivity index (χ3v) is 6.51. The molecule has 8 nitrogen and oxygen atoms in total. The number of amides is 4. The Balaban J connectivity index is 1.28. The normalized spacial score (nSPS) is 22.1. The number of piperidine rings is 2. The number of imide groups is 2. The maximum atomic E-state index is 12.9. The van der Waals surface area contributed by atoms with E-state index in [9.17, 15) is 19.2 Å². The number of benzene rings is 1. The van der Waals surface area contributed by atoms with Gasteiger partial charge in [0.25, 0.3) is 11.8 Å². The van der Waals surface area contributed by atoms with Gasteiger partial charge in [0.1, 0.15) is 6.04 Å². The molecule has 1 unspecified atom stereocenters. The highest BCUT2D eigenvalue weighted by Crippen LogP contribution is 2.28. The summed E-state index contributed by atoms with van der Waals surface area (Å²) >= 11 is 0. The van der Waals surface area contributed by atoms with E-state index in [-0.39, 0.29) is 18.7 Å². The van der Waals surface area contributed by atoms with Crippen LogP contribution in [0.15, 0.2) is 18.2 Å². The maximum absolute atomic E-state index is 12.9. The van der Waals surface area contributed by atoms with Crippen molar-refractivity contribution in [3.8, 4) is 0 Å². The van der Waals surface area contributed by atoms with Gasteiger partial charge in [-0.15, -0.1) is 0 Å². The second kappa shape index (κ2) is 9.70. The van der Waals surface area contributed by atoms with Crippen LogP contribution >= 0.6 is 0 Å². The zero-order chi connectivity index (χ0) is 21.8. The molecule has 0 saturated carbocycles. The van der Waals surface area contributed by atoms with Crippen molar-refractivity contribution in [1.82, 2.24) is 20.9 Å². The summed E-state index contributed by atoms with van der Waals surface area (Å²) in [6, 6.07) is 4.32. The van der Waals surface area contributed by atoms with Crippen LogP contribution in [0.4, 0.5) is 0 Å². The highest BCUT2D eigenvalue weighted by Gasteiger charge is 2.44. The van der Waals surface area contributed by atoms with Crippen molar-refractivity contribution in [3.05, 3.63) is 34.9 Å². The molecule has 1 aromatic rings. The van der Waals surface area contributed by atoms with Crippen LogP contribution in [0.3, 0.4) is 0 Å². The lowest BCUT2D eigenvalue weighted by Gasteiger charge is -2.27. The summed E-state index contributed by atoms with van der Waals surface area (Å²) in [6.45, 7) is 3.82. The molecule has 4 amide bonds. The number of unbranched alkanes of at least 4 members (excludes halogenated alkanes) is 1. The molecule has 3 aliphatic rings. The molecular formula is C23H30N4O4. The minimum absolute atomic E-state index is 0.122. The Kier molecular flexibility index (Phi) is 6.77. The minimum atomic E-state index is -0.924. The highest BCUT2D eigenvalue weighted by molar-refractivity contribution is 6.23. The van der Waals surface area contributed by atoms with Crippen LogP contribution in [0.25, 0.3) is 0 Å². The van der Waals surface area contributed by atoms with Gasteiger partial charge in [0, 0.05) is 13.0 Å². The monoisotopic (exact) mass is 426 g/mol. The fraction of sp³-hybridized carbons (Fsp3) is 0.565. The summed E-state index contributed by atoms with van der Waals surface area (Å²) in [7, 11) is 0. The Hall–Kier alpha value is -2.58. The van der Waals surface area contributed by atoms with Crippen molar-refractivity contribution < 1.29 is 19.2 Å². The third-order valence-electron chi connectivity index (χ3n) is 6.51. The van der Waals surface area contributed by atoms with Crippen LogP contribution in [-0.4, -0.2) is 54.2 Å². The topological polar surface area (TPSA) is 108 Å². The Morgan fingerprint density at radius 1 is 0.968 bits per heavy atom. The van der Waals surface area contributed by atoms with E-state index in [0.29, 0.717) is 17.7 Å². The van der Waals surface area contributed by atoms with Gasteiger partial charge in [-0.3, -0.25) is 29.4 Å². The molecule has 166 valence electrons. The van der Waals surface area contributed by atoms with E-state index in [1.807, 2.05) is 6.07 Å². The van der Waals surface area contributed by atoms with Gasteiger partial charge in [0.2, 0.25) is 11.8 Å². The van der Waals surface area contributed by atoms with Crippen molar-refractivity contribution in [2.45, 2.75) is 57.5 Å². The average molecular weight is 427 g/mol. The SMILES string of the molecule is O=C1CCC(N2C(=O)c3ccc(CNCCCCC4CCNCC4)cc3C2=O)C(=O)N1. The first-order chi connectivity index (χ1) is 15.0. The van der Waals surface area contributed by atoms with Gasteiger partial charge in [-0.2, -0.15) is 0 Å². The average Bonchev–Trinajstić information content (AvgIpc) is 3.01. The van der Waals surface area contributed by atoms with Crippen LogP contribution in [0.5, 0.6) is 0 Å². The second-order valence-electron chi connectivity index (χ2n) is 8.69. The number of carbonyl (C=O) groups is 4. The molecule has 2 saturated heterocycles. The van der Waals surface area contributed by atoms with E-state index in [1.165, 1.54) is 25.7 Å². The minimum Gasteiger partial charge on any atom is -0.317 e. The Morgan fingerprint density at radius 3 is 2.52 bits per heavy atom. The van der Waals surface area contributed by atoms with E-state index < -0.39 is 23.8 Å². The van der Waals surface area contributed by atoms with Crippen LogP contribution < -0.4 is 16.0 Å². The molecular weight excluding hydrogens is 396 g/mol. The van der Waals surface area contributed by atoms with Crippen LogP contribution in [-0.2, 0) is 16.1 Å². The van der Waals surface area contributed by atoms with E-state index in [1.54, 1.807) is 12.1 Å². The smallest absolute Gasteiger partial charge is 0.262 e. The van der Waals surface area contributed by atoms with Crippen molar-refractivity contribution in [2.24, 2.45) is 5.92 Å². The number of hydrogen-bond donors (Lipinski definition) is 3. The molecule has 0 radical (unpaired) electrons. The lowest BCUT2D eigenvalue weighted by atomic mass is 9.92. The zero-order valence-corrected chi connectivity index (χ0v) is 17.7. The summed E-state index contributed by atoms with van der Waals surface area (Å²) in [6.07, 6.45) is 6.48. The molecule has 3 N–H and O–H groups in total. The zero-order valence-electron chi connectivity index (χ0n) is 17.7. The summed E-state index contributed by atoms with van der Waals surface area (Å²) in [5.74, 6) is -1.03. The summed E-state index contributed by atoms with van der Waals surface area (Å²) < 4.78 is 0. The standard InChI is InChI=1S/C23H30N4O4/c28-20-7-6-19(21(29)26-20)27-22(30)17-5-4-16(13-18(17)23(27)31)14-25-10-2-1-3-15-8-11-24-12-9-15/h4-5,13,15,19,24-25H,1-3,6-12,14H2,(H,26,28,29). The fourth-order valence-corrected chi connectivity index (χ4v) is 4.71. The van der Waals surface area contributed by atoms with Crippen molar-refractivity contribution in [1.29, 1.82) is 0 Å². The fourth-order valence-electron chi connectivity index (χ4n) is 4.71. The van der Waals surface area contributed by atoms with Crippen molar-refractivity contribution in [3.63, 3.8) is 0 Å². The first-order valence-electron chi connectivity index (χ1n) is 11.3. The molecule has 0 bridgehead atoms. The number of nitrogens with one attached hydrogen (secondary N) is 3. The quantitative estimate of drug-likeness (QED) is 0.428. The van der Waals surface area contributed by atoms with E-state index in [0.717, 1.165) is 42.4 Å². The van der Waals surface area contributed by atoms with Gasteiger partial charge >= 0.3 is 0 Å². The van der Waals surface area contributed by atoms with Gasteiger partial charge in [-0.25, -0.2) is 0 Å². The van der Waals surface area contributed by atoms with Crippen LogP contribution in [0.2, 0.25) is 0 Å². The second-order valence-corrected chi connectivity index (χ2v) is 8.69. The third kappa shape index (κ3) is 4.85. The molecule has 31 heavy (non-hydrogen) atoms. The van der Waals surface area contributed by atoms with E-state index in [4.69, 9.17) is 0 Å². The summed E-state index contributed by atoms with van der Waals surface area (Å²) in [4.78, 5) is 50.1. The summed E-state index contributed by atoms with van der Waals surface area (Å²) in [5.41, 5.74) is 1.59. The molecule has 3 aliphatic heterocycles. The molecule has 3 heterocycles. The van der Waals surface area contributed by atoms with Crippen molar-refractivity contribution in [2.75, 3.05) is 19.6 Å². The highest BCUT2D eigenvalue weighted by atomic mass is 16.2. The van der Waals surface area contributed by atoms with Gasteiger partial charge in [0.15, 0.2) is 0 Å². The molecule has 0 aliphatic carbocycles. The lowest BCUT2D eigenvalue weighted by Crippen LogP contribution is -2.54. The van der Waals surface area contributed by atoms with E-state index >= 15 is 0 Å².